The van der Waals surface area contributed by atoms with Crippen LogP contribution in [0.1, 0.15) is 46.8 Å². The first-order chi connectivity index (χ1) is 20.2. The Balaban J connectivity index is 1.08. The van der Waals surface area contributed by atoms with E-state index in [1.54, 1.807) is 24.4 Å². The lowest BCUT2D eigenvalue weighted by molar-refractivity contribution is -0.139. The molecule has 4 heterocycles. The molecule has 9 heteroatoms. The van der Waals surface area contributed by atoms with Crippen molar-refractivity contribution < 1.29 is 18.0 Å². The normalized spacial score (nSPS) is 22.6. The molecule has 1 spiro atoms. The van der Waals surface area contributed by atoms with Gasteiger partial charge in [-0.25, -0.2) is 8.42 Å². The molecule has 0 aliphatic carbocycles. The number of carbonyl (C=O) groups excluding carboxylic acids is 2. The molecule has 3 fully saturated rings. The number of amides is 2. The van der Waals surface area contributed by atoms with Crippen molar-refractivity contribution in [2.45, 2.75) is 36.6 Å². The molecule has 0 saturated carbocycles. The maximum atomic E-state index is 13.6. The van der Waals surface area contributed by atoms with Crippen LogP contribution in [0.4, 0.5) is 0 Å². The Bertz CT molecular complexity index is 1520. The molecule has 3 saturated heterocycles. The monoisotopic (exact) mass is 586 g/mol. The fraction of sp³-hybridized carbons (Fsp3) is 0.424. The summed E-state index contributed by atoms with van der Waals surface area (Å²) in [6.07, 6.45) is 5.42. The highest BCUT2D eigenvalue weighted by atomic mass is 32.2. The summed E-state index contributed by atoms with van der Waals surface area (Å²) in [5.74, 6) is 0.774. The molecule has 3 aromatic rings. The number of piperidine rings is 1. The second kappa shape index (κ2) is 11.6. The van der Waals surface area contributed by atoms with Gasteiger partial charge in [0.05, 0.1) is 10.3 Å². The highest BCUT2D eigenvalue weighted by molar-refractivity contribution is 7.90. The smallest absolute Gasteiger partial charge is 0.272 e. The van der Waals surface area contributed by atoms with Crippen LogP contribution in [0.25, 0.3) is 0 Å². The van der Waals surface area contributed by atoms with Crippen molar-refractivity contribution >= 4 is 21.7 Å². The minimum atomic E-state index is -3.24. The summed E-state index contributed by atoms with van der Waals surface area (Å²) in [7, 11) is -3.24. The molecular formula is C33H38N4O4S. The zero-order valence-corrected chi connectivity index (χ0v) is 24.9. The van der Waals surface area contributed by atoms with Gasteiger partial charge in [-0.2, -0.15) is 0 Å². The van der Waals surface area contributed by atoms with Crippen LogP contribution in [0.2, 0.25) is 0 Å². The number of benzene rings is 2. The molecule has 2 atom stereocenters. The molecular weight excluding hydrogens is 548 g/mol. The minimum Gasteiger partial charge on any atom is -0.338 e. The van der Waals surface area contributed by atoms with Crippen LogP contribution in [0.5, 0.6) is 0 Å². The summed E-state index contributed by atoms with van der Waals surface area (Å²) in [5, 5.41) is 0. The Hall–Kier alpha value is -3.56. The molecule has 2 aromatic carbocycles. The lowest BCUT2D eigenvalue weighted by Crippen LogP contribution is -2.46. The Morgan fingerprint density at radius 3 is 2.26 bits per heavy atom. The lowest BCUT2D eigenvalue weighted by atomic mass is 9.76. The first kappa shape index (κ1) is 28.6. The molecule has 3 aliphatic rings. The summed E-state index contributed by atoms with van der Waals surface area (Å²) in [6, 6.07) is 22.8. The van der Waals surface area contributed by atoms with Gasteiger partial charge in [0.1, 0.15) is 5.69 Å². The lowest BCUT2D eigenvalue weighted by Gasteiger charge is -2.39. The molecule has 0 N–H and O–H groups in total. The van der Waals surface area contributed by atoms with Gasteiger partial charge in [-0.15, -0.1) is 0 Å². The first-order valence-corrected chi connectivity index (χ1v) is 16.7. The number of likely N-dealkylation sites (tertiary alicyclic amines) is 3. The number of rotatable bonds is 7. The fourth-order valence-corrected chi connectivity index (χ4v) is 7.65. The average Bonchev–Trinajstić information content (AvgIpc) is 3.56. The van der Waals surface area contributed by atoms with Gasteiger partial charge in [0, 0.05) is 51.1 Å². The molecule has 0 radical (unpaired) electrons. The standard InChI is InChI=1S/C33H38N4O4S/c1-42(40,41)28-12-10-25(11-13-28)21-36-20-16-33(32(36)39)14-18-35(19-15-33)22-27-23-37(31(38)30-9-5-6-17-34-30)24-29(27)26-7-3-2-4-8-26/h2-13,17,27,29H,14-16,18-24H2,1H3. The quantitative estimate of drug-likeness (QED) is 0.418. The predicted molar refractivity (Wildman–Crippen MR) is 161 cm³/mol. The van der Waals surface area contributed by atoms with Crippen molar-refractivity contribution in [2.75, 3.05) is 45.5 Å². The van der Waals surface area contributed by atoms with E-state index in [0.717, 1.165) is 51.0 Å². The Kier molecular flexibility index (Phi) is 7.89. The van der Waals surface area contributed by atoms with Gasteiger partial charge in [-0.1, -0.05) is 48.5 Å². The fourth-order valence-electron chi connectivity index (χ4n) is 7.02. The maximum Gasteiger partial charge on any atom is 0.272 e. The van der Waals surface area contributed by atoms with Gasteiger partial charge in [0.25, 0.3) is 5.91 Å². The zero-order chi connectivity index (χ0) is 29.3. The van der Waals surface area contributed by atoms with Crippen molar-refractivity contribution in [1.82, 2.24) is 19.7 Å². The topological polar surface area (TPSA) is 90.9 Å². The molecule has 0 bridgehead atoms. The van der Waals surface area contributed by atoms with Crippen molar-refractivity contribution in [1.29, 1.82) is 0 Å². The van der Waals surface area contributed by atoms with E-state index in [-0.39, 0.29) is 23.1 Å². The van der Waals surface area contributed by atoms with Gasteiger partial charge in [-0.05, 0) is 73.7 Å². The third-order valence-corrected chi connectivity index (χ3v) is 10.6. The number of hydrogen-bond acceptors (Lipinski definition) is 6. The number of hydrogen-bond donors (Lipinski definition) is 0. The first-order valence-electron chi connectivity index (χ1n) is 14.8. The van der Waals surface area contributed by atoms with Crippen LogP contribution in [0.15, 0.2) is 83.9 Å². The largest absolute Gasteiger partial charge is 0.338 e. The van der Waals surface area contributed by atoms with Crippen LogP contribution in [0.3, 0.4) is 0 Å². The third-order valence-electron chi connectivity index (χ3n) is 9.47. The highest BCUT2D eigenvalue weighted by Gasteiger charge is 2.48. The van der Waals surface area contributed by atoms with E-state index >= 15 is 0 Å². The molecule has 8 nitrogen and oxygen atoms in total. The number of nitrogens with zero attached hydrogens (tertiary/aromatic N) is 4. The second-order valence-electron chi connectivity index (χ2n) is 12.2. The molecule has 42 heavy (non-hydrogen) atoms. The molecule has 2 unspecified atom stereocenters. The summed E-state index contributed by atoms with van der Waals surface area (Å²) in [4.78, 5) is 37.9. The van der Waals surface area contributed by atoms with Crippen LogP contribution in [0, 0.1) is 11.3 Å². The third kappa shape index (κ3) is 5.85. The van der Waals surface area contributed by atoms with Crippen molar-refractivity contribution in [2.24, 2.45) is 11.3 Å². The number of aromatic nitrogens is 1. The Labute approximate surface area is 248 Å². The van der Waals surface area contributed by atoms with E-state index in [0.29, 0.717) is 36.1 Å². The average molecular weight is 587 g/mol. The van der Waals surface area contributed by atoms with Gasteiger partial charge in [0.2, 0.25) is 5.91 Å². The number of sulfone groups is 1. The van der Waals surface area contributed by atoms with E-state index in [2.05, 4.69) is 34.1 Å². The van der Waals surface area contributed by atoms with Crippen LogP contribution < -0.4 is 0 Å². The van der Waals surface area contributed by atoms with E-state index in [9.17, 15) is 18.0 Å². The summed E-state index contributed by atoms with van der Waals surface area (Å²) in [6.45, 7) is 5.25. The van der Waals surface area contributed by atoms with Crippen molar-refractivity contribution in [3.63, 3.8) is 0 Å². The molecule has 3 aliphatic heterocycles. The zero-order valence-electron chi connectivity index (χ0n) is 24.1. The number of pyridine rings is 1. The highest BCUT2D eigenvalue weighted by Crippen LogP contribution is 2.43. The SMILES string of the molecule is CS(=O)(=O)c1ccc(CN2CCC3(CCN(CC4CN(C(=O)c5ccccn5)CC4c4ccccc4)CC3)C2=O)cc1. The number of carbonyl (C=O) groups is 2. The van der Waals surface area contributed by atoms with Crippen LogP contribution in [-0.2, 0) is 21.2 Å². The summed E-state index contributed by atoms with van der Waals surface area (Å²) < 4.78 is 23.6. The molecule has 2 amide bonds. The maximum absolute atomic E-state index is 13.6. The Morgan fingerprint density at radius 1 is 0.905 bits per heavy atom. The van der Waals surface area contributed by atoms with Gasteiger partial charge < -0.3 is 14.7 Å². The predicted octanol–water partition coefficient (Wildman–Crippen LogP) is 3.86. The molecule has 220 valence electrons. The second-order valence-corrected chi connectivity index (χ2v) is 14.2. The van der Waals surface area contributed by atoms with E-state index in [1.165, 1.54) is 11.8 Å². The summed E-state index contributed by atoms with van der Waals surface area (Å²) >= 11 is 0. The summed E-state index contributed by atoms with van der Waals surface area (Å²) in [5.41, 5.74) is 2.39. The van der Waals surface area contributed by atoms with E-state index < -0.39 is 9.84 Å². The van der Waals surface area contributed by atoms with Gasteiger partial charge in [0.15, 0.2) is 9.84 Å². The van der Waals surface area contributed by atoms with Crippen molar-refractivity contribution in [3.8, 4) is 0 Å². The van der Waals surface area contributed by atoms with Crippen LogP contribution in [-0.4, -0.2) is 85.4 Å². The molecule has 6 rings (SSSR count). The van der Waals surface area contributed by atoms with Gasteiger partial charge in [-0.3, -0.25) is 14.6 Å². The molecule has 1 aromatic heterocycles. The van der Waals surface area contributed by atoms with E-state index in [4.69, 9.17) is 0 Å². The minimum absolute atomic E-state index is 0.0146. The van der Waals surface area contributed by atoms with Crippen molar-refractivity contribution in [3.05, 3.63) is 95.8 Å². The van der Waals surface area contributed by atoms with E-state index in [1.807, 2.05) is 40.1 Å². The van der Waals surface area contributed by atoms with Gasteiger partial charge >= 0.3 is 0 Å². The van der Waals surface area contributed by atoms with Crippen LogP contribution >= 0.6 is 0 Å². The Morgan fingerprint density at radius 2 is 1.60 bits per heavy atom.